The van der Waals surface area contributed by atoms with E-state index in [1.54, 1.807) is 23.5 Å². The van der Waals surface area contributed by atoms with Crippen LogP contribution in [0.5, 0.6) is 0 Å². The van der Waals surface area contributed by atoms with E-state index in [4.69, 9.17) is 0 Å². The summed E-state index contributed by atoms with van der Waals surface area (Å²) in [5, 5.41) is 2.73. The van der Waals surface area contributed by atoms with E-state index in [0.29, 0.717) is 6.54 Å². The van der Waals surface area contributed by atoms with Gasteiger partial charge in [-0.05, 0) is 37.6 Å². The molecule has 0 saturated heterocycles. The third kappa shape index (κ3) is 2.76. The summed E-state index contributed by atoms with van der Waals surface area (Å²) < 4.78 is 13.4. The molecule has 0 saturated carbocycles. The van der Waals surface area contributed by atoms with Crippen LogP contribution in [0.1, 0.15) is 25.7 Å². The van der Waals surface area contributed by atoms with E-state index in [1.165, 1.54) is 22.6 Å². The molecule has 0 fully saturated rings. The Morgan fingerprint density at radius 2 is 2.06 bits per heavy atom. The molecule has 4 heteroatoms. The molecule has 0 atom stereocenters. The SMILES string of the molecule is Cc1cc(CNC(=O)c2ccccc2F)sc1C. The summed E-state index contributed by atoms with van der Waals surface area (Å²) in [6.07, 6.45) is 0. The minimum Gasteiger partial charge on any atom is -0.347 e. The first-order chi connectivity index (χ1) is 8.58. The second-order valence-electron chi connectivity index (χ2n) is 4.11. The Bertz CT molecular complexity index is 557. The molecule has 0 radical (unpaired) electrons. The van der Waals surface area contributed by atoms with Crippen molar-refractivity contribution in [3.63, 3.8) is 0 Å². The van der Waals surface area contributed by atoms with Crippen LogP contribution < -0.4 is 5.32 Å². The van der Waals surface area contributed by atoms with Crippen LogP contribution in [0.3, 0.4) is 0 Å². The Hall–Kier alpha value is -1.68. The van der Waals surface area contributed by atoms with Crippen LogP contribution in [-0.4, -0.2) is 5.91 Å². The van der Waals surface area contributed by atoms with Crippen molar-refractivity contribution in [2.45, 2.75) is 20.4 Å². The van der Waals surface area contributed by atoms with Crippen molar-refractivity contribution in [3.8, 4) is 0 Å². The lowest BCUT2D eigenvalue weighted by Crippen LogP contribution is -2.23. The molecule has 2 nitrogen and oxygen atoms in total. The Morgan fingerprint density at radius 1 is 1.33 bits per heavy atom. The number of benzene rings is 1. The highest BCUT2D eigenvalue weighted by Crippen LogP contribution is 2.20. The third-order valence-electron chi connectivity index (χ3n) is 2.76. The van der Waals surface area contributed by atoms with Crippen molar-refractivity contribution in [2.75, 3.05) is 0 Å². The number of hydrogen-bond acceptors (Lipinski definition) is 2. The number of nitrogens with one attached hydrogen (secondary N) is 1. The zero-order valence-corrected chi connectivity index (χ0v) is 11.1. The fourth-order valence-corrected chi connectivity index (χ4v) is 2.64. The standard InChI is InChI=1S/C14H14FNOS/c1-9-7-11(18-10(9)2)8-16-14(17)12-5-3-4-6-13(12)15/h3-7H,8H2,1-2H3,(H,16,17). The van der Waals surface area contributed by atoms with Crippen molar-refractivity contribution in [2.24, 2.45) is 0 Å². The number of amides is 1. The highest BCUT2D eigenvalue weighted by atomic mass is 32.1. The summed E-state index contributed by atoms with van der Waals surface area (Å²) in [5.41, 5.74) is 1.30. The molecule has 1 heterocycles. The third-order valence-corrected chi connectivity index (χ3v) is 3.91. The topological polar surface area (TPSA) is 29.1 Å². The molecule has 0 bridgehead atoms. The molecule has 18 heavy (non-hydrogen) atoms. The van der Waals surface area contributed by atoms with Gasteiger partial charge in [-0.3, -0.25) is 4.79 Å². The summed E-state index contributed by atoms with van der Waals surface area (Å²) in [4.78, 5) is 14.1. The van der Waals surface area contributed by atoms with Crippen molar-refractivity contribution in [1.29, 1.82) is 0 Å². The first-order valence-electron chi connectivity index (χ1n) is 5.66. The number of carbonyl (C=O) groups is 1. The maximum absolute atomic E-state index is 13.4. The molecule has 1 N–H and O–H groups in total. The zero-order chi connectivity index (χ0) is 13.1. The predicted octanol–water partition coefficient (Wildman–Crippen LogP) is 3.43. The summed E-state index contributed by atoms with van der Waals surface area (Å²) in [6.45, 7) is 4.52. The number of rotatable bonds is 3. The van der Waals surface area contributed by atoms with Crippen molar-refractivity contribution in [1.82, 2.24) is 5.32 Å². The van der Waals surface area contributed by atoms with Crippen molar-refractivity contribution < 1.29 is 9.18 Å². The molecule has 0 spiro atoms. The Morgan fingerprint density at radius 3 is 2.67 bits per heavy atom. The van der Waals surface area contributed by atoms with Crippen LogP contribution in [-0.2, 0) is 6.54 Å². The van der Waals surface area contributed by atoms with Gasteiger partial charge in [-0.1, -0.05) is 12.1 Å². The maximum Gasteiger partial charge on any atom is 0.254 e. The van der Waals surface area contributed by atoms with Crippen molar-refractivity contribution in [3.05, 3.63) is 57.0 Å². The Labute approximate surface area is 109 Å². The van der Waals surface area contributed by atoms with E-state index in [-0.39, 0.29) is 11.5 Å². The van der Waals surface area contributed by atoms with Crippen LogP contribution in [0.2, 0.25) is 0 Å². The highest BCUT2D eigenvalue weighted by Gasteiger charge is 2.10. The minimum atomic E-state index is -0.492. The number of aryl methyl sites for hydroxylation is 2. The van der Waals surface area contributed by atoms with E-state index in [1.807, 2.05) is 19.9 Å². The van der Waals surface area contributed by atoms with Gasteiger partial charge in [-0.25, -0.2) is 4.39 Å². The summed E-state index contributed by atoms with van der Waals surface area (Å²) in [6, 6.07) is 8.03. The molecular weight excluding hydrogens is 249 g/mol. The molecule has 0 unspecified atom stereocenters. The molecule has 2 rings (SSSR count). The Kier molecular flexibility index (Phi) is 3.77. The largest absolute Gasteiger partial charge is 0.347 e. The molecular formula is C14H14FNOS. The second-order valence-corrected chi connectivity index (χ2v) is 5.46. The maximum atomic E-state index is 13.4. The molecule has 1 aromatic heterocycles. The summed E-state index contributed by atoms with van der Waals surface area (Å²) in [5.74, 6) is -0.870. The molecule has 0 aliphatic carbocycles. The van der Waals surface area contributed by atoms with Gasteiger partial charge in [0.05, 0.1) is 12.1 Å². The van der Waals surface area contributed by atoms with Crippen LogP contribution in [0.15, 0.2) is 30.3 Å². The van der Waals surface area contributed by atoms with Crippen molar-refractivity contribution >= 4 is 17.2 Å². The number of carbonyl (C=O) groups excluding carboxylic acids is 1. The lowest BCUT2D eigenvalue weighted by atomic mass is 10.2. The van der Waals surface area contributed by atoms with Crippen LogP contribution in [0.4, 0.5) is 4.39 Å². The van der Waals surface area contributed by atoms with E-state index in [9.17, 15) is 9.18 Å². The minimum absolute atomic E-state index is 0.0856. The van der Waals surface area contributed by atoms with Gasteiger partial charge >= 0.3 is 0 Å². The zero-order valence-electron chi connectivity index (χ0n) is 10.3. The van der Waals surface area contributed by atoms with E-state index >= 15 is 0 Å². The van der Waals surface area contributed by atoms with E-state index in [2.05, 4.69) is 5.32 Å². The Balaban J connectivity index is 2.03. The highest BCUT2D eigenvalue weighted by molar-refractivity contribution is 7.12. The monoisotopic (exact) mass is 263 g/mol. The number of hydrogen-bond donors (Lipinski definition) is 1. The van der Waals surface area contributed by atoms with Gasteiger partial charge in [0, 0.05) is 9.75 Å². The normalized spacial score (nSPS) is 10.4. The molecule has 1 amide bonds. The fourth-order valence-electron chi connectivity index (χ4n) is 1.64. The lowest BCUT2D eigenvalue weighted by Gasteiger charge is -2.04. The summed E-state index contributed by atoms with van der Waals surface area (Å²) >= 11 is 1.65. The quantitative estimate of drug-likeness (QED) is 0.903. The van der Waals surface area contributed by atoms with Gasteiger partial charge in [0.25, 0.3) is 5.91 Å². The average Bonchev–Trinajstić information content (AvgIpc) is 2.66. The van der Waals surface area contributed by atoms with E-state index < -0.39 is 5.82 Å². The summed E-state index contributed by atoms with van der Waals surface area (Å²) in [7, 11) is 0. The fraction of sp³-hybridized carbons (Fsp3) is 0.214. The number of thiophene rings is 1. The first kappa shape index (κ1) is 12.8. The van der Waals surface area contributed by atoms with Gasteiger partial charge < -0.3 is 5.32 Å². The van der Waals surface area contributed by atoms with E-state index in [0.717, 1.165) is 4.88 Å². The van der Waals surface area contributed by atoms with Crippen LogP contribution in [0, 0.1) is 19.7 Å². The number of halogens is 1. The van der Waals surface area contributed by atoms with Gasteiger partial charge in [0.15, 0.2) is 0 Å². The van der Waals surface area contributed by atoms with Crippen LogP contribution >= 0.6 is 11.3 Å². The van der Waals surface area contributed by atoms with Gasteiger partial charge in [0.2, 0.25) is 0 Å². The van der Waals surface area contributed by atoms with Gasteiger partial charge in [-0.2, -0.15) is 0 Å². The molecule has 2 aromatic rings. The van der Waals surface area contributed by atoms with Crippen LogP contribution in [0.25, 0.3) is 0 Å². The molecule has 94 valence electrons. The van der Waals surface area contributed by atoms with Gasteiger partial charge in [0.1, 0.15) is 5.82 Å². The smallest absolute Gasteiger partial charge is 0.254 e. The van der Waals surface area contributed by atoms with Gasteiger partial charge in [-0.15, -0.1) is 11.3 Å². The second kappa shape index (κ2) is 5.31. The predicted molar refractivity (Wildman–Crippen MR) is 71.4 cm³/mol. The molecule has 0 aliphatic rings. The lowest BCUT2D eigenvalue weighted by molar-refractivity contribution is 0.0947. The molecule has 1 aromatic carbocycles. The first-order valence-corrected chi connectivity index (χ1v) is 6.48. The average molecular weight is 263 g/mol. The molecule has 0 aliphatic heterocycles.